The van der Waals surface area contributed by atoms with Crippen molar-refractivity contribution in [1.82, 2.24) is 20.1 Å². The summed E-state index contributed by atoms with van der Waals surface area (Å²) in [6, 6.07) is 5.21. The quantitative estimate of drug-likeness (QED) is 0.910. The maximum Gasteiger partial charge on any atom is 0.241 e. The summed E-state index contributed by atoms with van der Waals surface area (Å²) in [4.78, 5) is 16.3. The Kier molecular flexibility index (Phi) is 4.17. The lowest BCUT2D eigenvalue weighted by Crippen LogP contribution is -2.43. The molecule has 1 unspecified atom stereocenters. The molecule has 0 spiro atoms. The largest absolute Gasteiger partial charge is 0.323 e. The molecule has 3 rings (SSSR count). The first-order chi connectivity index (χ1) is 10.3. The predicted octanol–water partition coefficient (Wildman–Crippen LogP) is 2.00. The maximum atomic E-state index is 12.3. The number of hydrogen-bond acceptors (Lipinski definition) is 4. The highest BCUT2D eigenvalue weighted by molar-refractivity contribution is 6.33. The third-order valence-electron chi connectivity index (χ3n) is 3.52. The van der Waals surface area contributed by atoms with E-state index in [-0.39, 0.29) is 11.9 Å². The Labute approximate surface area is 127 Å². The minimum atomic E-state index is -0.152. The van der Waals surface area contributed by atoms with E-state index in [1.807, 2.05) is 6.07 Å². The Hall–Kier alpha value is -1.92. The highest BCUT2D eigenvalue weighted by Crippen LogP contribution is 2.28. The van der Waals surface area contributed by atoms with Gasteiger partial charge >= 0.3 is 0 Å². The maximum absolute atomic E-state index is 12.3. The van der Waals surface area contributed by atoms with E-state index in [0.29, 0.717) is 16.4 Å². The molecular formula is C14H16ClN5O. The molecule has 21 heavy (non-hydrogen) atoms. The number of hydrogen-bond donors (Lipinski definition) is 2. The van der Waals surface area contributed by atoms with Crippen molar-refractivity contribution in [3.63, 3.8) is 0 Å². The second-order valence-corrected chi connectivity index (χ2v) is 5.37. The summed E-state index contributed by atoms with van der Waals surface area (Å²) >= 11 is 6.23. The van der Waals surface area contributed by atoms with Crippen LogP contribution in [0.1, 0.15) is 19.3 Å². The molecule has 1 amide bonds. The Bertz CT molecular complexity index is 622. The molecule has 6 nitrogen and oxygen atoms in total. The molecule has 0 aliphatic carbocycles. The van der Waals surface area contributed by atoms with E-state index in [2.05, 4.69) is 20.7 Å². The SMILES string of the molecule is O=C(Nc1cccc(Cl)c1-n1cncn1)C1CCCCN1. The first-order valence-corrected chi connectivity index (χ1v) is 7.31. The van der Waals surface area contributed by atoms with E-state index in [4.69, 9.17) is 11.6 Å². The molecule has 2 heterocycles. The van der Waals surface area contributed by atoms with Gasteiger partial charge in [-0.05, 0) is 31.5 Å². The Balaban J connectivity index is 1.85. The standard InChI is InChI=1S/C14H16ClN5O/c15-10-4-3-6-11(13(10)20-9-16-8-18-20)19-14(21)12-5-1-2-7-17-12/h3-4,6,8-9,12,17H,1-2,5,7H2,(H,19,21). The van der Waals surface area contributed by atoms with Crippen molar-refractivity contribution in [2.45, 2.75) is 25.3 Å². The monoisotopic (exact) mass is 305 g/mol. The molecule has 2 aromatic rings. The van der Waals surface area contributed by atoms with Gasteiger partial charge in [-0.25, -0.2) is 9.67 Å². The van der Waals surface area contributed by atoms with Crippen LogP contribution >= 0.6 is 11.6 Å². The predicted molar refractivity (Wildman–Crippen MR) is 80.6 cm³/mol. The molecule has 1 saturated heterocycles. The van der Waals surface area contributed by atoms with Gasteiger partial charge in [-0.15, -0.1) is 0 Å². The zero-order valence-electron chi connectivity index (χ0n) is 11.4. The van der Waals surface area contributed by atoms with Gasteiger partial charge in [0.1, 0.15) is 18.3 Å². The van der Waals surface area contributed by atoms with Crippen molar-refractivity contribution in [3.8, 4) is 5.69 Å². The summed E-state index contributed by atoms with van der Waals surface area (Å²) in [7, 11) is 0. The number of para-hydroxylation sites is 1. The second kappa shape index (κ2) is 6.24. The van der Waals surface area contributed by atoms with Crippen LogP contribution in [0.4, 0.5) is 5.69 Å². The summed E-state index contributed by atoms with van der Waals surface area (Å²) in [5.41, 5.74) is 1.26. The number of piperidine rings is 1. The van der Waals surface area contributed by atoms with Gasteiger partial charge in [-0.1, -0.05) is 24.1 Å². The van der Waals surface area contributed by atoms with Crippen molar-refractivity contribution in [3.05, 3.63) is 35.9 Å². The highest BCUT2D eigenvalue weighted by Gasteiger charge is 2.22. The van der Waals surface area contributed by atoms with Gasteiger partial charge in [0.2, 0.25) is 5.91 Å². The fourth-order valence-electron chi connectivity index (χ4n) is 2.47. The first-order valence-electron chi connectivity index (χ1n) is 6.93. The number of benzene rings is 1. The second-order valence-electron chi connectivity index (χ2n) is 4.97. The number of nitrogens with one attached hydrogen (secondary N) is 2. The molecule has 0 radical (unpaired) electrons. The zero-order chi connectivity index (χ0) is 14.7. The summed E-state index contributed by atoms with van der Waals surface area (Å²) in [5, 5.41) is 10.8. The van der Waals surface area contributed by atoms with Crippen molar-refractivity contribution in [1.29, 1.82) is 0 Å². The molecule has 1 aromatic carbocycles. The van der Waals surface area contributed by atoms with E-state index < -0.39 is 0 Å². The smallest absolute Gasteiger partial charge is 0.241 e. The molecule has 0 bridgehead atoms. The third-order valence-corrected chi connectivity index (χ3v) is 3.82. The molecule has 1 aliphatic rings. The van der Waals surface area contributed by atoms with Crippen LogP contribution in [0.15, 0.2) is 30.9 Å². The number of amides is 1. The molecule has 7 heteroatoms. The van der Waals surface area contributed by atoms with Gasteiger partial charge < -0.3 is 10.6 Å². The molecule has 0 saturated carbocycles. The fourth-order valence-corrected chi connectivity index (χ4v) is 2.73. The van der Waals surface area contributed by atoms with Crippen LogP contribution in [-0.4, -0.2) is 33.3 Å². The van der Waals surface area contributed by atoms with Gasteiger partial charge in [-0.2, -0.15) is 5.10 Å². The van der Waals surface area contributed by atoms with E-state index >= 15 is 0 Å². The van der Waals surface area contributed by atoms with E-state index in [9.17, 15) is 4.79 Å². The molecule has 1 atom stereocenters. The Morgan fingerprint density at radius 2 is 2.33 bits per heavy atom. The van der Waals surface area contributed by atoms with Crippen molar-refractivity contribution in [2.24, 2.45) is 0 Å². The van der Waals surface area contributed by atoms with Crippen LogP contribution in [-0.2, 0) is 4.79 Å². The van der Waals surface area contributed by atoms with E-state index in [1.54, 1.807) is 23.1 Å². The number of halogens is 1. The normalized spacial score (nSPS) is 18.4. The van der Waals surface area contributed by atoms with Gasteiger partial charge in [0.25, 0.3) is 0 Å². The minimum absolute atomic E-state index is 0.0432. The average Bonchev–Trinajstić information content (AvgIpc) is 3.02. The van der Waals surface area contributed by atoms with Crippen molar-refractivity contribution < 1.29 is 4.79 Å². The number of carbonyl (C=O) groups is 1. The van der Waals surface area contributed by atoms with Crippen molar-refractivity contribution in [2.75, 3.05) is 11.9 Å². The summed E-state index contributed by atoms with van der Waals surface area (Å²) in [5.74, 6) is -0.0432. The summed E-state index contributed by atoms with van der Waals surface area (Å²) < 4.78 is 1.55. The lowest BCUT2D eigenvalue weighted by molar-refractivity contribution is -0.118. The van der Waals surface area contributed by atoms with E-state index in [0.717, 1.165) is 25.8 Å². The topological polar surface area (TPSA) is 71.8 Å². The lowest BCUT2D eigenvalue weighted by Gasteiger charge is -2.23. The Morgan fingerprint density at radius 1 is 1.43 bits per heavy atom. The van der Waals surface area contributed by atoms with Gasteiger partial charge in [0.15, 0.2) is 0 Å². The molecular weight excluding hydrogens is 290 g/mol. The summed E-state index contributed by atoms with van der Waals surface area (Å²) in [6.07, 6.45) is 6.01. The van der Waals surface area contributed by atoms with Crippen LogP contribution < -0.4 is 10.6 Å². The first kappa shape index (κ1) is 14.0. The Morgan fingerprint density at radius 3 is 3.05 bits per heavy atom. The van der Waals surface area contributed by atoms with Gasteiger partial charge in [-0.3, -0.25) is 4.79 Å². The number of rotatable bonds is 3. The molecule has 1 aliphatic heterocycles. The fraction of sp³-hybridized carbons (Fsp3) is 0.357. The van der Waals surface area contributed by atoms with Crippen LogP contribution in [0.5, 0.6) is 0 Å². The number of anilines is 1. The zero-order valence-corrected chi connectivity index (χ0v) is 12.2. The molecule has 2 N–H and O–H groups in total. The molecule has 1 aromatic heterocycles. The summed E-state index contributed by atoms with van der Waals surface area (Å²) in [6.45, 7) is 0.879. The van der Waals surface area contributed by atoms with Gasteiger partial charge in [0, 0.05) is 0 Å². The van der Waals surface area contributed by atoms with Crippen LogP contribution in [0.2, 0.25) is 5.02 Å². The lowest BCUT2D eigenvalue weighted by atomic mass is 10.0. The van der Waals surface area contributed by atoms with Crippen LogP contribution in [0.25, 0.3) is 5.69 Å². The number of nitrogens with zero attached hydrogens (tertiary/aromatic N) is 3. The van der Waals surface area contributed by atoms with E-state index in [1.165, 1.54) is 6.33 Å². The third kappa shape index (κ3) is 3.06. The minimum Gasteiger partial charge on any atom is -0.323 e. The highest BCUT2D eigenvalue weighted by atomic mass is 35.5. The van der Waals surface area contributed by atoms with Crippen molar-refractivity contribution >= 4 is 23.2 Å². The van der Waals surface area contributed by atoms with Crippen LogP contribution in [0, 0.1) is 0 Å². The average molecular weight is 306 g/mol. The van der Waals surface area contributed by atoms with Gasteiger partial charge in [0.05, 0.1) is 16.8 Å². The van der Waals surface area contributed by atoms with Crippen LogP contribution in [0.3, 0.4) is 0 Å². The number of aromatic nitrogens is 3. The number of carbonyl (C=O) groups excluding carboxylic acids is 1. The molecule has 1 fully saturated rings. The molecule has 110 valence electrons.